The van der Waals surface area contributed by atoms with Gasteiger partial charge < -0.3 is 5.32 Å². The van der Waals surface area contributed by atoms with Crippen LogP contribution in [0.3, 0.4) is 0 Å². The fourth-order valence-corrected chi connectivity index (χ4v) is 2.57. The predicted molar refractivity (Wildman–Crippen MR) is 73.2 cm³/mol. The van der Waals surface area contributed by atoms with Gasteiger partial charge in [0.15, 0.2) is 0 Å². The van der Waals surface area contributed by atoms with E-state index in [-0.39, 0.29) is 11.9 Å². The lowest BCUT2D eigenvalue weighted by molar-refractivity contribution is 0.551. The highest BCUT2D eigenvalue weighted by Crippen LogP contribution is 2.30. The molecule has 2 rings (SSSR count). The van der Waals surface area contributed by atoms with Crippen molar-refractivity contribution in [3.8, 4) is 0 Å². The van der Waals surface area contributed by atoms with E-state index >= 15 is 0 Å². The summed E-state index contributed by atoms with van der Waals surface area (Å²) in [6.07, 6.45) is 1.55. The van der Waals surface area contributed by atoms with Crippen LogP contribution in [0.4, 0.5) is 4.39 Å². The molecule has 1 aromatic heterocycles. The number of benzene rings is 1. The topological polar surface area (TPSA) is 29.9 Å². The summed E-state index contributed by atoms with van der Waals surface area (Å²) in [6.45, 7) is 0. The number of hydrogen-bond donors (Lipinski definition) is 1. The van der Waals surface area contributed by atoms with Crippen molar-refractivity contribution >= 4 is 27.5 Å². The van der Waals surface area contributed by atoms with Crippen molar-refractivity contribution in [3.05, 3.63) is 51.0 Å². The van der Waals surface area contributed by atoms with Crippen molar-refractivity contribution in [3.63, 3.8) is 0 Å². The zero-order valence-electron chi connectivity index (χ0n) is 9.92. The van der Waals surface area contributed by atoms with Crippen molar-refractivity contribution in [1.82, 2.24) is 15.1 Å². The fourth-order valence-electron chi connectivity index (χ4n) is 1.92. The molecule has 0 spiro atoms. The van der Waals surface area contributed by atoms with Gasteiger partial charge in [-0.3, -0.25) is 4.68 Å². The molecular formula is C12H12BrClFN3. The molecule has 96 valence electrons. The van der Waals surface area contributed by atoms with Crippen LogP contribution in [-0.2, 0) is 7.05 Å². The van der Waals surface area contributed by atoms with Crippen LogP contribution in [0.1, 0.15) is 17.3 Å². The number of nitrogens with zero attached hydrogens (tertiary/aromatic N) is 2. The highest BCUT2D eigenvalue weighted by Gasteiger charge is 2.22. The van der Waals surface area contributed by atoms with E-state index in [0.29, 0.717) is 10.6 Å². The summed E-state index contributed by atoms with van der Waals surface area (Å²) >= 11 is 9.45. The molecule has 1 aromatic carbocycles. The maximum absolute atomic E-state index is 13.9. The number of halogens is 3. The summed E-state index contributed by atoms with van der Waals surface area (Å²) < 4.78 is 16.4. The van der Waals surface area contributed by atoms with Crippen LogP contribution in [0.2, 0.25) is 5.02 Å². The highest BCUT2D eigenvalue weighted by molar-refractivity contribution is 9.10. The number of aromatic nitrogens is 2. The summed E-state index contributed by atoms with van der Waals surface area (Å²) in [5.74, 6) is -0.283. The molecule has 1 heterocycles. The minimum absolute atomic E-state index is 0.283. The second-order valence-electron chi connectivity index (χ2n) is 3.89. The molecule has 1 atom stereocenters. The third-order valence-electron chi connectivity index (χ3n) is 2.77. The summed E-state index contributed by atoms with van der Waals surface area (Å²) in [5, 5.41) is 7.65. The Morgan fingerprint density at radius 2 is 2.22 bits per heavy atom. The van der Waals surface area contributed by atoms with E-state index < -0.39 is 0 Å². The Bertz CT molecular complexity index is 551. The molecule has 18 heavy (non-hydrogen) atoms. The van der Waals surface area contributed by atoms with Crippen LogP contribution in [-0.4, -0.2) is 16.8 Å². The Kier molecular flexibility index (Phi) is 4.04. The molecule has 0 aliphatic rings. The lowest BCUT2D eigenvalue weighted by Gasteiger charge is -2.18. The lowest BCUT2D eigenvalue weighted by atomic mass is 10.0. The van der Waals surface area contributed by atoms with Gasteiger partial charge in [-0.25, -0.2) is 4.39 Å². The molecule has 2 aromatic rings. The first-order valence-corrected chi connectivity index (χ1v) is 6.51. The molecular weight excluding hydrogens is 321 g/mol. The minimum Gasteiger partial charge on any atom is -0.308 e. The fraction of sp³-hybridized carbons (Fsp3) is 0.250. The summed E-state index contributed by atoms with van der Waals surface area (Å²) in [5.41, 5.74) is 1.26. The normalized spacial score (nSPS) is 12.7. The minimum atomic E-state index is -0.345. The van der Waals surface area contributed by atoms with Crippen molar-refractivity contribution in [2.45, 2.75) is 6.04 Å². The van der Waals surface area contributed by atoms with Crippen molar-refractivity contribution < 1.29 is 4.39 Å². The SMILES string of the molecule is CNC(c1cc(Br)ccc1F)c1c(Cl)cnn1C. The van der Waals surface area contributed by atoms with Gasteiger partial charge in [-0.2, -0.15) is 5.10 Å². The van der Waals surface area contributed by atoms with E-state index in [1.807, 2.05) is 0 Å². The maximum Gasteiger partial charge on any atom is 0.128 e. The molecule has 1 N–H and O–H groups in total. The van der Waals surface area contributed by atoms with Gasteiger partial charge in [0.25, 0.3) is 0 Å². The van der Waals surface area contributed by atoms with Gasteiger partial charge in [0.05, 0.1) is 23.0 Å². The molecule has 0 saturated carbocycles. The smallest absolute Gasteiger partial charge is 0.128 e. The summed E-state index contributed by atoms with van der Waals surface area (Å²) in [7, 11) is 3.54. The third-order valence-corrected chi connectivity index (χ3v) is 3.55. The second kappa shape index (κ2) is 5.38. The van der Waals surface area contributed by atoms with Gasteiger partial charge in [-0.1, -0.05) is 27.5 Å². The molecule has 0 aliphatic heterocycles. The lowest BCUT2D eigenvalue weighted by Crippen LogP contribution is -2.22. The first-order chi connectivity index (χ1) is 8.54. The Labute approximate surface area is 118 Å². The van der Waals surface area contributed by atoms with E-state index in [2.05, 4.69) is 26.3 Å². The zero-order valence-corrected chi connectivity index (χ0v) is 12.3. The van der Waals surface area contributed by atoms with Gasteiger partial charge in [-0.15, -0.1) is 0 Å². The number of nitrogens with one attached hydrogen (secondary N) is 1. The molecule has 3 nitrogen and oxygen atoms in total. The Morgan fingerprint density at radius 1 is 1.50 bits per heavy atom. The Hall–Kier alpha value is -0.910. The van der Waals surface area contributed by atoms with Crippen LogP contribution in [0.15, 0.2) is 28.9 Å². The van der Waals surface area contributed by atoms with Gasteiger partial charge in [-0.05, 0) is 25.2 Å². The van der Waals surface area contributed by atoms with Gasteiger partial charge in [0.1, 0.15) is 5.82 Å². The first kappa shape index (κ1) is 13.5. The number of rotatable bonds is 3. The second-order valence-corrected chi connectivity index (χ2v) is 5.21. The monoisotopic (exact) mass is 331 g/mol. The van der Waals surface area contributed by atoms with E-state index in [9.17, 15) is 4.39 Å². The van der Waals surface area contributed by atoms with Crippen molar-refractivity contribution in [1.29, 1.82) is 0 Å². The van der Waals surface area contributed by atoms with E-state index in [1.54, 1.807) is 37.1 Å². The summed E-state index contributed by atoms with van der Waals surface area (Å²) in [6, 6.07) is 4.48. The average Bonchev–Trinajstić information content (AvgIpc) is 2.66. The maximum atomic E-state index is 13.9. The highest BCUT2D eigenvalue weighted by atomic mass is 79.9. The average molecular weight is 333 g/mol. The van der Waals surface area contributed by atoms with Crippen molar-refractivity contribution in [2.24, 2.45) is 7.05 Å². The van der Waals surface area contributed by atoms with Crippen LogP contribution >= 0.6 is 27.5 Å². The number of hydrogen-bond acceptors (Lipinski definition) is 2. The molecule has 1 unspecified atom stereocenters. The number of aryl methyl sites for hydroxylation is 1. The van der Waals surface area contributed by atoms with Crippen LogP contribution < -0.4 is 5.32 Å². The molecule has 0 saturated heterocycles. The van der Waals surface area contributed by atoms with Gasteiger partial charge in [0, 0.05) is 17.1 Å². The third kappa shape index (κ3) is 2.43. The molecule has 0 bridgehead atoms. The molecule has 0 fully saturated rings. The quantitative estimate of drug-likeness (QED) is 0.935. The first-order valence-electron chi connectivity index (χ1n) is 5.34. The van der Waals surface area contributed by atoms with Crippen LogP contribution in [0.25, 0.3) is 0 Å². The molecule has 0 aliphatic carbocycles. The van der Waals surface area contributed by atoms with E-state index in [4.69, 9.17) is 11.6 Å². The largest absolute Gasteiger partial charge is 0.308 e. The Morgan fingerprint density at radius 3 is 2.78 bits per heavy atom. The molecule has 0 radical (unpaired) electrons. The van der Waals surface area contributed by atoms with E-state index in [0.717, 1.165) is 10.2 Å². The Balaban J connectivity index is 2.55. The standard InChI is InChI=1S/C12H12BrClFN3/c1-16-11(12-9(14)6-17-18(12)2)8-5-7(13)3-4-10(8)15/h3-6,11,16H,1-2H3. The van der Waals surface area contributed by atoms with Crippen LogP contribution in [0, 0.1) is 5.82 Å². The molecule has 0 amide bonds. The predicted octanol–water partition coefficient (Wildman–Crippen LogP) is 3.28. The van der Waals surface area contributed by atoms with Crippen LogP contribution in [0.5, 0.6) is 0 Å². The zero-order chi connectivity index (χ0) is 13.3. The van der Waals surface area contributed by atoms with Crippen molar-refractivity contribution in [2.75, 3.05) is 7.05 Å². The van der Waals surface area contributed by atoms with Gasteiger partial charge >= 0.3 is 0 Å². The van der Waals surface area contributed by atoms with E-state index in [1.165, 1.54) is 6.07 Å². The molecule has 6 heteroatoms. The van der Waals surface area contributed by atoms with Gasteiger partial charge in [0.2, 0.25) is 0 Å². The summed E-state index contributed by atoms with van der Waals surface area (Å²) in [4.78, 5) is 0.